The standard InChI is InChI=1S/C19H25N3O2S2/c1-5-8-25-11-15-10-17(23)22-19(20-15)26-14(4)18(24)21-16-7-6-12(2)9-13(16)3/h6-7,9-10,14H,5,8,11H2,1-4H3,(H,21,24)(H,20,22,23). The number of amides is 1. The van der Waals surface area contributed by atoms with Gasteiger partial charge in [0.1, 0.15) is 0 Å². The van der Waals surface area contributed by atoms with Gasteiger partial charge in [0.25, 0.3) is 5.56 Å². The molecular formula is C19H25N3O2S2. The molecule has 2 N–H and O–H groups in total. The molecule has 0 aliphatic heterocycles. The van der Waals surface area contributed by atoms with Crippen molar-refractivity contribution in [2.75, 3.05) is 11.1 Å². The number of nitrogens with one attached hydrogen (secondary N) is 2. The van der Waals surface area contributed by atoms with Crippen molar-refractivity contribution in [3.8, 4) is 0 Å². The van der Waals surface area contributed by atoms with Crippen LogP contribution in [0.1, 0.15) is 37.1 Å². The minimum Gasteiger partial charge on any atom is -0.325 e. The summed E-state index contributed by atoms with van der Waals surface area (Å²) in [7, 11) is 0. The molecule has 0 fully saturated rings. The molecule has 1 amide bonds. The Kier molecular flexibility index (Phi) is 7.78. The van der Waals surface area contributed by atoms with Crippen molar-refractivity contribution in [2.24, 2.45) is 0 Å². The van der Waals surface area contributed by atoms with E-state index in [-0.39, 0.29) is 16.7 Å². The average Bonchev–Trinajstić information content (AvgIpc) is 2.57. The molecule has 5 nitrogen and oxygen atoms in total. The van der Waals surface area contributed by atoms with Gasteiger partial charge in [0.2, 0.25) is 5.91 Å². The first kappa shape index (κ1) is 20.6. The fourth-order valence-electron chi connectivity index (χ4n) is 2.34. The predicted octanol–water partition coefficient (Wildman–Crippen LogP) is 4.15. The molecule has 140 valence electrons. The van der Waals surface area contributed by atoms with E-state index in [1.165, 1.54) is 17.8 Å². The Hall–Kier alpha value is -1.73. The Morgan fingerprint density at radius 2 is 2.08 bits per heavy atom. The topological polar surface area (TPSA) is 74.8 Å². The van der Waals surface area contributed by atoms with Crippen molar-refractivity contribution in [1.29, 1.82) is 0 Å². The first-order valence-corrected chi connectivity index (χ1v) is 10.6. The van der Waals surface area contributed by atoms with Crippen LogP contribution in [0.5, 0.6) is 0 Å². The largest absolute Gasteiger partial charge is 0.325 e. The number of H-pyrrole nitrogens is 1. The van der Waals surface area contributed by atoms with Gasteiger partial charge in [-0.15, -0.1) is 0 Å². The first-order chi connectivity index (χ1) is 12.4. The summed E-state index contributed by atoms with van der Waals surface area (Å²) in [5.41, 5.74) is 3.55. The molecule has 1 heterocycles. The molecule has 0 bridgehead atoms. The highest BCUT2D eigenvalue weighted by Crippen LogP contribution is 2.22. The highest BCUT2D eigenvalue weighted by Gasteiger charge is 2.17. The van der Waals surface area contributed by atoms with Crippen LogP contribution in [-0.2, 0) is 10.5 Å². The van der Waals surface area contributed by atoms with Gasteiger partial charge in [-0.3, -0.25) is 9.59 Å². The van der Waals surface area contributed by atoms with Crippen LogP contribution in [0.2, 0.25) is 0 Å². The van der Waals surface area contributed by atoms with E-state index in [1.807, 2.05) is 39.0 Å². The third-order valence-corrected chi connectivity index (χ3v) is 5.85. The molecule has 1 aromatic carbocycles. The van der Waals surface area contributed by atoms with Crippen molar-refractivity contribution < 1.29 is 4.79 Å². The van der Waals surface area contributed by atoms with Crippen molar-refractivity contribution in [2.45, 2.75) is 50.3 Å². The maximum Gasteiger partial charge on any atom is 0.251 e. The Balaban J connectivity index is 2.02. The van der Waals surface area contributed by atoms with Gasteiger partial charge in [-0.25, -0.2) is 4.98 Å². The summed E-state index contributed by atoms with van der Waals surface area (Å²) in [5.74, 6) is 1.62. The molecule has 26 heavy (non-hydrogen) atoms. The Morgan fingerprint density at radius 3 is 2.77 bits per heavy atom. The number of carbonyl (C=O) groups is 1. The lowest BCUT2D eigenvalue weighted by atomic mass is 10.1. The summed E-state index contributed by atoms with van der Waals surface area (Å²) in [6.45, 7) is 7.92. The number of hydrogen-bond acceptors (Lipinski definition) is 5. The molecule has 7 heteroatoms. The molecule has 2 aromatic rings. The van der Waals surface area contributed by atoms with Gasteiger partial charge in [-0.05, 0) is 44.6 Å². The zero-order valence-corrected chi connectivity index (χ0v) is 17.2. The minimum atomic E-state index is -0.377. The van der Waals surface area contributed by atoms with Gasteiger partial charge >= 0.3 is 0 Å². The maximum atomic E-state index is 12.5. The van der Waals surface area contributed by atoms with E-state index in [9.17, 15) is 9.59 Å². The number of benzene rings is 1. The van der Waals surface area contributed by atoms with Crippen molar-refractivity contribution >= 4 is 35.1 Å². The van der Waals surface area contributed by atoms with Crippen LogP contribution in [0.3, 0.4) is 0 Å². The average molecular weight is 392 g/mol. The number of aromatic nitrogens is 2. The summed E-state index contributed by atoms with van der Waals surface area (Å²) >= 11 is 3.01. The SMILES string of the molecule is CCCSCc1cc(=O)[nH]c(SC(C)C(=O)Nc2ccc(C)cc2C)n1. The van der Waals surface area contributed by atoms with Crippen LogP contribution in [0.25, 0.3) is 0 Å². The van der Waals surface area contributed by atoms with E-state index >= 15 is 0 Å². The molecule has 0 saturated carbocycles. The van der Waals surface area contributed by atoms with E-state index in [1.54, 1.807) is 11.8 Å². The second kappa shape index (κ2) is 9.83. The molecule has 0 aliphatic carbocycles. The maximum absolute atomic E-state index is 12.5. The second-order valence-electron chi connectivity index (χ2n) is 6.16. The third kappa shape index (κ3) is 6.21. The fraction of sp³-hybridized carbons (Fsp3) is 0.421. The lowest BCUT2D eigenvalue weighted by Crippen LogP contribution is -2.23. The van der Waals surface area contributed by atoms with Crippen molar-refractivity contribution in [3.05, 3.63) is 51.4 Å². The quantitative estimate of drug-likeness (QED) is 0.402. The van der Waals surface area contributed by atoms with Crippen molar-refractivity contribution in [3.63, 3.8) is 0 Å². The van der Waals surface area contributed by atoms with E-state index in [0.717, 1.165) is 34.7 Å². The Morgan fingerprint density at radius 1 is 1.31 bits per heavy atom. The number of carbonyl (C=O) groups excluding carboxylic acids is 1. The first-order valence-electron chi connectivity index (χ1n) is 8.61. The van der Waals surface area contributed by atoms with Gasteiger partial charge < -0.3 is 10.3 Å². The Labute approximate surface area is 162 Å². The van der Waals surface area contributed by atoms with Crippen LogP contribution in [-0.4, -0.2) is 26.9 Å². The molecule has 0 radical (unpaired) electrons. The monoisotopic (exact) mass is 391 g/mol. The van der Waals surface area contributed by atoms with Gasteiger partial charge in [0, 0.05) is 17.5 Å². The number of anilines is 1. The molecule has 1 unspecified atom stereocenters. The van der Waals surface area contributed by atoms with Crippen molar-refractivity contribution in [1.82, 2.24) is 9.97 Å². The van der Waals surface area contributed by atoms with Crippen LogP contribution < -0.4 is 10.9 Å². The number of aromatic amines is 1. The molecule has 0 aliphatic rings. The molecule has 0 spiro atoms. The summed E-state index contributed by atoms with van der Waals surface area (Å²) < 4.78 is 0. The lowest BCUT2D eigenvalue weighted by Gasteiger charge is -2.13. The zero-order valence-electron chi connectivity index (χ0n) is 15.6. The van der Waals surface area contributed by atoms with E-state index < -0.39 is 0 Å². The van der Waals surface area contributed by atoms with Gasteiger partial charge in [-0.1, -0.05) is 36.4 Å². The van der Waals surface area contributed by atoms with Gasteiger partial charge in [0.05, 0.1) is 10.9 Å². The Bertz CT molecular complexity index is 821. The highest BCUT2D eigenvalue weighted by molar-refractivity contribution is 8.00. The number of hydrogen-bond donors (Lipinski definition) is 2. The van der Waals surface area contributed by atoms with Crippen LogP contribution in [0.15, 0.2) is 34.2 Å². The number of aryl methyl sites for hydroxylation is 2. The summed E-state index contributed by atoms with van der Waals surface area (Å²) in [6.07, 6.45) is 1.09. The summed E-state index contributed by atoms with van der Waals surface area (Å²) in [5, 5.41) is 3.05. The molecule has 1 aromatic heterocycles. The fourth-order valence-corrected chi connectivity index (χ4v) is 3.96. The van der Waals surface area contributed by atoms with Crippen LogP contribution in [0, 0.1) is 13.8 Å². The van der Waals surface area contributed by atoms with Gasteiger partial charge in [0.15, 0.2) is 5.16 Å². The summed E-state index contributed by atoms with van der Waals surface area (Å²) in [6, 6.07) is 7.43. The smallest absolute Gasteiger partial charge is 0.251 e. The molecule has 2 rings (SSSR count). The van der Waals surface area contributed by atoms with Crippen LogP contribution in [0.4, 0.5) is 5.69 Å². The molecule has 1 atom stereocenters. The normalized spacial score (nSPS) is 12.0. The van der Waals surface area contributed by atoms with Gasteiger partial charge in [-0.2, -0.15) is 11.8 Å². The van der Waals surface area contributed by atoms with E-state index in [4.69, 9.17) is 0 Å². The van der Waals surface area contributed by atoms with E-state index in [0.29, 0.717) is 10.9 Å². The summed E-state index contributed by atoms with van der Waals surface area (Å²) in [4.78, 5) is 31.5. The minimum absolute atomic E-state index is 0.115. The zero-order chi connectivity index (χ0) is 19.1. The second-order valence-corrected chi connectivity index (χ2v) is 8.60. The molecule has 0 saturated heterocycles. The van der Waals surface area contributed by atoms with Crippen LogP contribution >= 0.6 is 23.5 Å². The molecular weight excluding hydrogens is 366 g/mol. The number of rotatable bonds is 8. The predicted molar refractivity (Wildman–Crippen MR) is 111 cm³/mol. The van der Waals surface area contributed by atoms with E-state index in [2.05, 4.69) is 22.2 Å². The highest BCUT2D eigenvalue weighted by atomic mass is 32.2. The lowest BCUT2D eigenvalue weighted by molar-refractivity contribution is -0.115. The third-order valence-electron chi connectivity index (χ3n) is 3.67. The number of thioether (sulfide) groups is 2. The number of nitrogens with zero attached hydrogens (tertiary/aromatic N) is 1.